The maximum Gasteiger partial charge on any atom is 0.335 e. The molecule has 4 nitrogen and oxygen atoms in total. The van der Waals surface area contributed by atoms with Crippen LogP contribution in [0.1, 0.15) is 19.2 Å². The van der Waals surface area contributed by atoms with Gasteiger partial charge in [-0.3, -0.25) is 5.10 Å². The van der Waals surface area contributed by atoms with Gasteiger partial charge < -0.3 is 4.74 Å². The topological polar surface area (TPSA) is 50.8 Å². The SMILES string of the molecule is C=C(CC)c1nc(OC)n[nH]1. The molecule has 0 aliphatic carbocycles. The van der Waals surface area contributed by atoms with Gasteiger partial charge in [0.25, 0.3) is 0 Å². The number of hydrogen-bond donors (Lipinski definition) is 1. The molecule has 0 unspecified atom stereocenters. The second kappa shape index (κ2) is 3.18. The molecule has 0 bridgehead atoms. The van der Waals surface area contributed by atoms with Gasteiger partial charge >= 0.3 is 6.01 Å². The van der Waals surface area contributed by atoms with Gasteiger partial charge in [-0.25, -0.2) is 0 Å². The van der Waals surface area contributed by atoms with Crippen molar-refractivity contribution in [3.05, 3.63) is 12.4 Å². The van der Waals surface area contributed by atoms with Crippen LogP contribution >= 0.6 is 0 Å². The molecule has 0 radical (unpaired) electrons. The Morgan fingerprint density at radius 1 is 1.73 bits per heavy atom. The number of methoxy groups -OCH3 is 1. The van der Waals surface area contributed by atoms with Crippen molar-refractivity contribution in [2.45, 2.75) is 13.3 Å². The smallest absolute Gasteiger partial charge is 0.335 e. The number of rotatable bonds is 3. The third kappa shape index (κ3) is 1.58. The summed E-state index contributed by atoms with van der Waals surface area (Å²) in [6, 6.07) is 0.356. The van der Waals surface area contributed by atoms with Crippen molar-refractivity contribution in [2.75, 3.05) is 7.11 Å². The average molecular weight is 153 g/mol. The minimum atomic E-state index is 0.356. The first-order chi connectivity index (χ1) is 5.27. The molecular weight excluding hydrogens is 142 g/mol. The quantitative estimate of drug-likeness (QED) is 0.710. The van der Waals surface area contributed by atoms with E-state index in [1.165, 1.54) is 7.11 Å². The molecule has 11 heavy (non-hydrogen) atoms. The van der Waals surface area contributed by atoms with Gasteiger partial charge in [0.2, 0.25) is 0 Å². The number of nitrogens with zero attached hydrogens (tertiary/aromatic N) is 2. The summed E-state index contributed by atoms with van der Waals surface area (Å²) in [7, 11) is 1.53. The molecule has 1 rings (SSSR count). The molecule has 0 aliphatic rings. The highest BCUT2D eigenvalue weighted by Gasteiger charge is 2.03. The first-order valence-electron chi connectivity index (χ1n) is 3.42. The molecule has 0 saturated carbocycles. The summed E-state index contributed by atoms with van der Waals surface area (Å²) in [4.78, 5) is 4.01. The highest BCUT2D eigenvalue weighted by Crippen LogP contribution is 2.11. The zero-order valence-corrected chi connectivity index (χ0v) is 6.72. The fourth-order valence-electron chi connectivity index (χ4n) is 0.663. The summed E-state index contributed by atoms with van der Waals surface area (Å²) < 4.78 is 4.79. The fraction of sp³-hybridized carbons (Fsp3) is 0.429. The predicted octanol–water partition coefficient (Wildman–Crippen LogP) is 1.24. The van der Waals surface area contributed by atoms with E-state index < -0.39 is 0 Å². The van der Waals surface area contributed by atoms with Crippen LogP contribution in [0.25, 0.3) is 5.57 Å². The Hall–Kier alpha value is -1.32. The van der Waals surface area contributed by atoms with Crippen molar-refractivity contribution >= 4 is 5.57 Å². The number of ether oxygens (including phenoxy) is 1. The van der Waals surface area contributed by atoms with Crippen LogP contribution in [0.4, 0.5) is 0 Å². The lowest BCUT2D eigenvalue weighted by atomic mass is 10.2. The summed E-state index contributed by atoms with van der Waals surface area (Å²) in [5.41, 5.74) is 0.931. The van der Waals surface area contributed by atoms with Gasteiger partial charge in [0, 0.05) is 0 Å². The largest absolute Gasteiger partial charge is 0.466 e. The van der Waals surface area contributed by atoms with Gasteiger partial charge in [-0.15, -0.1) is 5.10 Å². The van der Waals surface area contributed by atoms with Gasteiger partial charge in [-0.1, -0.05) is 13.5 Å². The molecule has 0 aromatic carbocycles. The zero-order chi connectivity index (χ0) is 8.27. The van der Waals surface area contributed by atoms with E-state index in [0.29, 0.717) is 11.8 Å². The maximum atomic E-state index is 4.79. The first kappa shape index (κ1) is 7.78. The van der Waals surface area contributed by atoms with Crippen LogP contribution in [0.15, 0.2) is 6.58 Å². The van der Waals surface area contributed by atoms with E-state index >= 15 is 0 Å². The molecule has 1 aromatic heterocycles. The minimum Gasteiger partial charge on any atom is -0.466 e. The van der Waals surface area contributed by atoms with Crippen molar-refractivity contribution < 1.29 is 4.74 Å². The third-order valence-corrected chi connectivity index (χ3v) is 1.41. The van der Waals surface area contributed by atoms with Crippen molar-refractivity contribution in [1.29, 1.82) is 0 Å². The molecule has 1 N–H and O–H groups in total. The van der Waals surface area contributed by atoms with Crippen LogP contribution in [-0.2, 0) is 0 Å². The molecular formula is C7H11N3O. The summed E-state index contributed by atoms with van der Waals surface area (Å²) in [5, 5.41) is 6.51. The van der Waals surface area contributed by atoms with Gasteiger partial charge in [0.05, 0.1) is 7.11 Å². The van der Waals surface area contributed by atoms with Crippen LogP contribution in [0.3, 0.4) is 0 Å². The van der Waals surface area contributed by atoms with Crippen LogP contribution in [-0.4, -0.2) is 22.3 Å². The van der Waals surface area contributed by atoms with E-state index in [-0.39, 0.29) is 0 Å². The van der Waals surface area contributed by atoms with Crippen molar-refractivity contribution in [2.24, 2.45) is 0 Å². The third-order valence-electron chi connectivity index (χ3n) is 1.41. The van der Waals surface area contributed by atoms with E-state index in [1.807, 2.05) is 6.92 Å². The van der Waals surface area contributed by atoms with Crippen molar-refractivity contribution in [3.8, 4) is 6.01 Å². The highest BCUT2D eigenvalue weighted by molar-refractivity contribution is 5.56. The maximum absolute atomic E-state index is 4.79. The molecule has 1 heterocycles. The predicted molar refractivity (Wildman–Crippen MR) is 42.3 cm³/mol. The van der Waals surface area contributed by atoms with E-state index in [1.54, 1.807) is 0 Å². The normalized spacial score (nSPS) is 9.64. The molecule has 0 aliphatic heterocycles. The van der Waals surface area contributed by atoms with Gasteiger partial charge in [0.1, 0.15) is 0 Å². The standard InChI is InChI=1S/C7H11N3O/c1-4-5(2)6-8-7(11-3)10-9-6/h2,4H2,1,3H3,(H,8,9,10). The van der Waals surface area contributed by atoms with Gasteiger partial charge in [-0.2, -0.15) is 4.98 Å². The molecule has 0 saturated heterocycles. The van der Waals surface area contributed by atoms with Crippen LogP contribution in [0, 0.1) is 0 Å². The lowest BCUT2D eigenvalue weighted by Crippen LogP contribution is -1.85. The van der Waals surface area contributed by atoms with E-state index in [2.05, 4.69) is 21.8 Å². The second-order valence-corrected chi connectivity index (χ2v) is 2.13. The highest BCUT2D eigenvalue weighted by atomic mass is 16.5. The van der Waals surface area contributed by atoms with E-state index in [0.717, 1.165) is 12.0 Å². The summed E-state index contributed by atoms with van der Waals surface area (Å²) >= 11 is 0. The lowest BCUT2D eigenvalue weighted by Gasteiger charge is -1.92. The molecule has 4 heteroatoms. The Morgan fingerprint density at radius 3 is 2.91 bits per heavy atom. The number of aromatic nitrogens is 3. The lowest BCUT2D eigenvalue weighted by molar-refractivity contribution is 0.381. The Morgan fingerprint density at radius 2 is 2.45 bits per heavy atom. The Labute approximate surface area is 65.3 Å². The van der Waals surface area contributed by atoms with Crippen LogP contribution in [0.2, 0.25) is 0 Å². The summed E-state index contributed by atoms with van der Waals surface area (Å²) in [6.07, 6.45) is 0.859. The number of aromatic amines is 1. The van der Waals surface area contributed by atoms with Gasteiger partial charge in [-0.05, 0) is 12.0 Å². The molecule has 0 atom stereocenters. The molecule has 0 amide bonds. The first-order valence-corrected chi connectivity index (χ1v) is 3.42. The molecule has 1 aromatic rings. The van der Waals surface area contributed by atoms with Gasteiger partial charge in [0.15, 0.2) is 5.82 Å². The van der Waals surface area contributed by atoms with Crippen LogP contribution in [0.5, 0.6) is 6.01 Å². The Balaban J connectivity index is 2.80. The van der Waals surface area contributed by atoms with Crippen molar-refractivity contribution in [1.82, 2.24) is 15.2 Å². The monoisotopic (exact) mass is 153 g/mol. The fourth-order valence-corrected chi connectivity index (χ4v) is 0.663. The Kier molecular flexibility index (Phi) is 2.25. The number of H-pyrrole nitrogens is 1. The Bertz CT molecular complexity index is 254. The van der Waals surface area contributed by atoms with Crippen molar-refractivity contribution in [3.63, 3.8) is 0 Å². The minimum absolute atomic E-state index is 0.356. The van der Waals surface area contributed by atoms with E-state index in [4.69, 9.17) is 4.74 Å². The number of hydrogen-bond acceptors (Lipinski definition) is 3. The summed E-state index contributed by atoms with van der Waals surface area (Å²) in [6.45, 7) is 5.81. The second-order valence-electron chi connectivity index (χ2n) is 2.13. The molecule has 0 fully saturated rings. The average Bonchev–Trinajstić information content (AvgIpc) is 2.50. The number of nitrogens with one attached hydrogen (secondary N) is 1. The van der Waals surface area contributed by atoms with Crippen LogP contribution < -0.4 is 4.74 Å². The zero-order valence-electron chi connectivity index (χ0n) is 6.72. The van der Waals surface area contributed by atoms with E-state index in [9.17, 15) is 0 Å². The summed E-state index contributed by atoms with van der Waals surface area (Å²) in [5.74, 6) is 0.698. The number of allylic oxidation sites excluding steroid dienone is 1. The molecule has 60 valence electrons. The molecule has 0 spiro atoms.